The van der Waals surface area contributed by atoms with Gasteiger partial charge in [-0.05, 0) is 12.5 Å². The highest BCUT2D eigenvalue weighted by Gasteiger charge is 2.13. The van der Waals surface area contributed by atoms with Crippen LogP contribution >= 0.6 is 0 Å². The van der Waals surface area contributed by atoms with Crippen molar-refractivity contribution in [1.29, 1.82) is 0 Å². The highest BCUT2D eigenvalue weighted by Crippen LogP contribution is 2.05. The van der Waals surface area contributed by atoms with Gasteiger partial charge in [-0.3, -0.25) is 9.59 Å². The van der Waals surface area contributed by atoms with Crippen LogP contribution in [0.3, 0.4) is 0 Å². The van der Waals surface area contributed by atoms with Gasteiger partial charge in [-0.25, -0.2) is 0 Å². The van der Waals surface area contributed by atoms with Gasteiger partial charge in [0.05, 0.1) is 13.5 Å². The number of aryl methyl sites for hydroxylation is 1. The number of ether oxygens (including phenoxy) is 1. The molecule has 1 aromatic carbocycles. The Bertz CT molecular complexity index is 398. The van der Waals surface area contributed by atoms with Crippen LogP contribution in [0, 0.1) is 6.92 Å². The summed E-state index contributed by atoms with van der Waals surface area (Å²) in [7, 11) is 2.90. The first-order valence-corrected chi connectivity index (χ1v) is 5.39. The first-order valence-electron chi connectivity index (χ1n) is 5.39. The third-order valence-electron chi connectivity index (χ3n) is 2.50. The Morgan fingerprint density at radius 1 is 1.24 bits per heavy atom. The highest BCUT2D eigenvalue weighted by molar-refractivity contribution is 5.83. The number of methoxy groups -OCH3 is 1. The molecule has 0 spiro atoms. The molecule has 0 unspecified atom stereocenters. The summed E-state index contributed by atoms with van der Waals surface area (Å²) in [5.74, 6) is -0.510. The Hall–Kier alpha value is -1.84. The SMILES string of the molecule is COC(=O)CN(C)C(=O)Cc1ccc(C)cc1. The molecule has 0 aliphatic carbocycles. The zero-order chi connectivity index (χ0) is 12.8. The lowest BCUT2D eigenvalue weighted by Gasteiger charge is -2.15. The zero-order valence-electron chi connectivity index (χ0n) is 10.4. The van der Waals surface area contributed by atoms with Gasteiger partial charge >= 0.3 is 5.97 Å². The van der Waals surface area contributed by atoms with Crippen molar-refractivity contribution in [2.45, 2.75) is 13.3 Å². The molecule has 0 N–H and O–H groups in total. The topological polar surface area (TPSA) is 46.6 Å². The van der Waals surface area contributed by atoms with Crippen LogP contribution in [0.2, 0.25) is 0 Å². The van der Waals surface area contributed by atoms with E-state index in [0.29, 0.717) is 6.42 Å². The summed E-state index contributed by atoms with van der Waals surface area (Å²) in [6, 6.07) is 7.75. The molecular formula is C13H17NO3. The maximum atomic E-state index is 11.8. The summed E-state index contributed by atoms with van der Waals surface area (Å²) in [6.45, 7) is 1.98. The third kappa shape index (κ3) is 4.26. The predicted molar refractivity (Wildman–Crippen MR) is 64.5 cm³/mol. The van der Waals surface area contributed by atoms with E-state index in [1.54, 1.807) is 7.05 Å². The van der Waals surface area contributed by atoms with Gasteiger partial charge in [-0.2, -0.15) is 0 Å². The van der Waals surface area contributed by atoms with Crippen molar-refractivity contribution >= 4 is 11.9 Å². The Morgan fingerprint density at radius 3 is 2.35 bits per heavy atom. The van der Waals surface area contributed by atoms with Crippen LogP contribution in [0.25, 0.3) is 0 Å². The number of hydrogen-bond acceptors (Lipinski definition) is 3. The summed E-state index contributed by atoms with van der Waals surface area (Å²) in [5, 5.41) is 0. The maximum Gasteiger partial charge on any atom is 0.325 e. The number of carbonyl (C=O) groups is 2. The standard InChI is InChI=1S/C13H17NO3/c1-10-4-6-11(7-5-10)8-12(15)14(2)9-13(16)17-3/h4-7H,8-9H2,1-3H3. The van der Waals surface area contributed by atoms with Gasteiger partial charge < -0.3 is 9.64 Å². The second-order valence-corrected chi connectivity index (χ2v) is 3.99. The van der Waals surface area contributed by atoms with Gasteiger partial charge in [0.25, 0.3) is 0 Å². The average molecular weight is 235 g/mol. The number of hydrogen-bond donors (Lipinski definition) is 0. The molecule has 4 nitrogen and oxygen atoms in total. The summed E-state index contributed by atoms with van der Waals surface area (Å²) in [4.78, 5) is 24.1. The van der Waals surface area contributed by atoms with Crippen LogP contribution < -0.4 is 0 Å². The molecule has 0 bridgehead atoms. The number of likely N-dealkylation sites (N-methyl/N-ethyl adjacent to an activating group) is 1. The second-order valence-electron chi connectivity index (χ2n) is 3.99. The van der Waals surface area contributed by atoms with Crippen molar-refractivity contribution in [3.63, 3.8) is 0 Å². The smallest absolute Gasteiger partial charge is 0.325 e. The molecule has 1 aromatic rings. The third-order valence-corrected chi connectivity index (χ3v) is 2.50. The molecule has 1 amide bonds. The Balaban J connectivity index is 2.54. The maximum absolute atomic E-state index is 11.8. The van der Waals surface area contributed by atoms with Crippen LogP contribution in [-0.4, -0.2) is 37.5 Å². The van der Waals surface area contributed by atoms with Crippen LogP contribution in [0.15, 0.2) is 24.3 Å². The van der Waals surface area contributed by atoms with E-state index in [1.807, 2.05) is 31.2 Å². The first-order chi connectivity index (χ1) is 8.02. The van der Waals surface area contributed by atoms with Gasteiger partial charge in [-0.15, -0.1) is 0 Å². The van der Waals surface area contributed by atoms with E-state index in [-0.39, 0.29) is 12.5 Å². The lowest BCUT2D eigenvalue weighted by atomic mass is 10.1. The number of esters is 1. The van der Waals surface area contributed by atoms with Crippen molar-refractivity contribution in [1.82, 2.24) is 4.90 Å². The fourth-order valence-electron chi connectivity index (χ4n) is 1.36. The molecule has 0 heterocycles. The molecule has 0 radical (unpaired) electrons. The zero-order valence-corrected chi connectivity index (χ0v) is 10.4. The normalized spacial score (nSPS) is 9.82. The van der Waals surface area contributed by atoms with Gasteiger partial charge in [0.15, 0.2) is 0 Å². The average Bonchev–Trinajstić information content (AvgIpc) is 2.31. The Labute approximate surface area is 101 Å². The quantitative estimate of drug-likeness (QED) is 0.736. The number of benzene rings is 1. The Morgan fingerprint density at radius 2 is 1.82 bits per heavy atom. The minimum atomic E-state index is -0.412. The van der Waals surface area contributed by atoms with Crippen molar-refractivity contribution in [2.24, 2.45) is 0 Å². The minimum absolute atomic E-state index is 0.0127. The number of rotatable bonds is 4. The Kier molecular flexibility index (Phi) is 4.69. The number of carbonyl (C=O) groups excluding carboxylic acids is 2. The lowest BCUT2D eigenvalue weighted by Crippen LogP contribution is -2.33. The van der Waals surface area contributed by atoms with E-state index in [9.17, 15) is 9.59 Å². The monoisotopic (exact) mass is 235 g/mol. The molecule has 92 valence electrons. The summed E-state index contributed by atoms with van der Waals surface area (Å²) < 4.78 is 4.50. The molecular weight excluding hydrogens is 218 g/mol. The minimum Gasteiger partial charge on any atom is -0.468 e. The van der Waals surface area contributed by atoms with E-state index in [0.717, 1.165) is 11.1 Å². The fourth-order valence-corrected chi connectivity index (χ4v) is 1.36. The highest BCUT2D eigenvalue weighted by atomic mass is 16.5. The molecule has 0 saturated carbocycles. The van der Waals surface area contributed by atoms with E-state index >= 15 is 0 Å². The molecule has 0 aliphatic rings. The van der Waals surface area contributed by atoms with Gasteiger partial charge in [-0.1, -0.05) is 29.8 Å². The predicted octanol–water partition coefficient (Wildman–Crippen LogP) is 1.17. The number of nitrogens with zero attached hydrogens (tertiary/aromatic N) is 1. The molecule has 0 aliphatic heterocycles. The van der Waals surface area contributed by atoms with Crippen LogP contribution in [0.4, 0.5) is 0 Å². The fraction of sp³-hybridized carbons (Fsp3) is 0.385. The molecule has 0 aromatic heterocycles. The summed E-state index contributed by atoms with van der Waals surface area (Å²) in [6.07, 6.45) is 0.299. The van der Waals surface area contributed by atoms with Crippen molar-refractivity contribution in [3.05, 3.63) is 35.4 Å². The van der Waals surface area contributed by atoms with Gasteiger partial charge in [0.1, 0.15) is 6.54 Å². The van der Waals surface area contributed by atoms with E-state index < -0.39 is 5.97 Å². The van der Waals surface area contributed by atoms with Gasteiger partial charge in [0.2, 0.25) is 5.91 Å². The second kappa shape index (κ2) is 6.03. The largest absolute Gasteiger partial charge is 0.468 e. The van der Waals surface area contributed by atoms with E-state index in [1.165, 1.54) is 12.0 Å². The van der Waals surface area contributed by atoms with Crippen molar-refractivity contribution in [3.8, 4) is 0 Å². The molecule has 1 rings (SSSR count). The molecule has 17 heavy (non-hydrogen) atoms. The summed E-state index contributed by atoms with van der Waals surface area (Å²) in [5.41, 5.74) is 2.10. The lowest BCUT2D eigenvalue weighted by molar-refractivity contribution is -0.145. The summed E-state index contributed by atoms with van der Waals surface area (Å²) >= 11 is 0. The van der Waals surface area contributed by atoms with Crippen LogP contribution in [0.5, 0.6) is 0 Å². The van der Waals surface area contributed by atoms with Crippen molar-refractivity contribution in [2.75, 3.05) is 20.7 Å². The molecule has 4 heteroatoms. The molecule has 0 saturated heterocycles. The van der Waals surface area contributed by atoms with Crippen LogP contribution in [-0.2, 0) is 20.7 Å². The van der Waals surface area contributed by atoms with E-state index in [2.05, 4.69) is 4.74 Å². The molecule has 0 fully saturated rings. The van der Waals surface area contributed by atoms with Gasteiger partial charge in [0, 0.05) is 7.05 Å². The first kappa shape index (κ1) is 13.2. The van der Waals surface area contributed by atoms with Crippen LogP contribution in [0.1, 0.15) is 11.1 Å². The van der Waals surface area contributed by atoms with E-state index in [4.69, 9.17) is 0 Å². The molecule has 0 atom stereocenters. The van der Waals surface area contributed by atoms with Crippen molar-refractivity contribution < 1.29 is 14.3 Å². The number of amides is 1.